The molecule has 1 amide bonds. The lowest BCUT2D eigenvalue weighted by Crippen LogP contribution is -2.29. The number of aromatic amines is 1. The number of hydrogen-bond donors (Lipinski definition) is 3. The van der Waals surface area contributed by atoms with Gasteiger partial charge in [-0.15, -0.1) is 0 Å². The number of rotatable bonds is 7. The monoisotopic (exact) mass is 378 g/mol. The fraction of sp³-hybridized carbons (Fsp3) is 0.353. The zero-order chi connectivity index (χ0) is 19.3. The average Bonchev–Trinajstić information content (AvgIpc) is 2.53. The quantitative estimate of drug-likeness (QED) is 0.648. The molecule has 0 aliphatic rings. The highest BCUT2D eigenvalue weighted by atomic mass is 32.2. The molecule has 26 heavy (non-hydrogen) atoms. The first-order valence-corrected chi connectivity index (χ1v) is 9.70. The van der Waals surface area contributed by atoms with Crippen LogP contribution in [0.15, 0.2) is 40.0 Å². The van der Waals surface area contributed by atoms with Crippen LogP contribution in [0.25, 0.3) is 0 Å². The standard InChI is InChI=1S/C17H22N4O4S/c1-11(2)9-13-10-15(21-17(23)20-13)16(22)19-8-7-12-3-5-14(6-4-12)26(18,24)25/h3-6,10-11H,7-9H2,1-2H3,(H,19,22)(H2,18,24,25)(H,20,21,23). The Hall–Kier alpha value is -2.52. The van der Waals surface area contributed by atoms with E-state index in [1.165, 1.54) is 12.1 Å². The Bertz CT molecular complexity index is 934. The molecule has 0 radical (unpaired) electrons. The first kappa shape index (κ1) is 19.8. The first-order valence-electron chi connectivity index (χ1n) is 8.15. The molecule has 0 saturated heterocycles. The molecular formula is C17H22N4O4S. The van der Waals surface area contributed by atoms with Crippen molar-refractivity contribution >= 4 is 15.9 Å². The van der Waals surface area contributed by atoms with Crippen molar-refractivity contribution in [2.45, 2.75) is 31.6 Å². The van der Waals surface area contributed by atoms with E-state index in [1.807, 2.05) is 13.8 Å². The number of H-pyrrole nitrogens is 1. The lowest BCUT2D eigenvalue weighted by atomic mass is 10.1. The fourth-order valence-corrected chi connectivity index (χ4v) is 2.95. The largest absolute Gasteiger partial charge is 0.350 e. The number of aromatic nitrogens is 2. The molecule has 1 aromatic heterocycles. The maximum Gasteiger partial charge on any atom is 0.345 e. The van der Waals surface area contributed by atoms with Gasteiger partial charge in [-0.3, -0.25) is 4.79 Å². The van der Waals surface area contributed by atoms with Crippen molar-refractivity contribution in [3.63, 3.8) is 0 Å². The van der Waals surface area contributed by atoms with Gasteiger partial charge in [0, 0.05) is 12.2 Å². The van der Waals surface area contributed by atoms with Crippen molar-refractivity contribution in [1.82, 2.24) is 15.3 Å². The molecule has 1 aromatic carbocycles. The highest BCUT2D eigenvalue weighted by molar-refractivity contribution is 7.89. The molecule has 0 fully saturated rings. The van der Waals surface area contributed by atoms with Crippen LogP contribution in [-0.2, 0) is 22.9 Å². The molecule has 0 unspecified atom stereocenters. The van der Waals surface area contributed by atoms with Gasteiger partial charge in [-0.2, -0.15) is 4.98 Å². The van der Waals surface area contributed by atoms with Gasteiger partial charge in [0.2, 0.25) is 10.0 Å². The summed E-state index contributed by atoms with van der Waals surface area (Å²) in [5.41, 5.74) is 1.04. The normalized spacial score (nSPS) is 11.5. The lowest BCUT2D eigenvalue weighted by molar-refractivity contribution is 0.0948. The Morgan fingerprint density at radius 2 is 1.92 bits per heavy atom. The number of nitrogens with zero attached hydrogens (tertiary/aromatic N) is 1. The Balaban J connectivity index is 1.96. The highest BCUT2D eigenvalue weighted by Gasteiger charge is 2.11. The van der Waals surface area contributed by atoms with E-state index in [1.54, 1.807) is 18.2 Å². The average molecular weight is 378 g/mol. The molecule has 1 heterocycles. The number of carbonyl (C=O) groups is 1. The van der Waals surface area contributed by atoms with Gasteiger partial charge in [0.05, 0.1) is 4.90 Å². The van der Waals surface area contributed by atoms with Crippen LogP contribution in [0, 0.1) is 5.92 Å². The Labute approximate surface area is 151 Å². The van der Waals surface area contributed by atoms with Gasteiger partial charge in [0.25, 0.3) is 5.91 Å². The number of nitrogens with two attached hydrogens (primary N) is 1. The number of benzene rings is 1. The molecule has 0 saturated carbocycles. The number of sulfonamides is 1. The van der Waals surface area contributed by atoms with Crippen molar-refractivity contribution in [1.29, 1.82) is 0 Å². The van der Waals surface area contributed by atoms with E-state index < -0.39 is 21.6 Å². The van der Waals surface area contributed by atoms with Crippen LogP contribution in [0.4, 0.5) is 0 Å². The van der Waals surface area contributed by atoms with Crippen LogP contribution in [0.2, 0.25) is 0 Å². The fourth-order valence-electron chi connectivity index (χ4n) is 2.43. The van der Waals surface area contributed by atoms with Gasteiger partial charge in [-0.05, 0) is 42.5 Å². The van der Waals surface area contributed by atoms with Crippen LogP contribution in [0.5, 0.6) is 0 Å². The Kier molecular flexibility index (Phi) is 6.27. The predicted octanol–water partition coefficient (Wildman–Crippen LogP) is 0.588. The molecule has 8 nitrogen and oxygen atoms in total. The van der Waals surface area contributed by atoms with Gasteiger partial charge in [0.1, 0.15) is 5.69 Å². The van der Waals surface area contributed by atoms with E-state index in [2.05, 4.69) is 15.3 Å². The zero-order valence-corrected chi connectivity index (χ0v) is 15.5. The summed E-state index contributed by atoms with van der Waals surface area (Å²) in [6.07, 6.45) is 1.15. The number of amides is 1. The van der Waals surface area contributed by atoms with E-state index >= 15 is 0 Å². The molecule has 0 spiro atoms. The van der Waals surface area contributed by atoms with Crippen molar-refractivity contribution in [3.05, 3.63) is 57.8 Å². The summed E-state index contributed by atoms with van der Waals surface area (Å²) in [4.78, 5) is 30.2. The van der Waals surface area contributed by atoms with Gasteiger partial charge in [-0.25, -0.2) is 18.4 Å². The number of nitrogens with one attached hydrogen (secondary N) is 2. The van der Waals surface area contributed by atoms with Gasteiger partial charge >= 0.3 is 5.69 Å². The SMILES string of the molecule is CC(C)Cc1cc(C(=O)NCCc2ccc(S(N)(=O)=O)cc2)nc(=O)[nH]1. The van der Waals surface area contributed by atoms with Crippen LogP contribution >= 0.6 is 0 Å². The van der Waals surface area contributed by atoms with Crippen LogP contribution < -0.4 is 16.1 Å². The number of primary sulfonamides is 1. The van der Waals surface area contributed by atoms with Gasteiger partial charge in [0.15, 0.2) is 0 Å². The summed E-state index contributed by atoms with van der Waals surface area (Å²) < 4.78 is 22.4. The van der Waals surface area contributed by atoms with E-state index in [9.17, 15) is 18.0 Å². The van der Waals surface area contributed by atoms with Gasteiger partial charge in [-0.1, -0.05) is 26.0 Å². The molecule has 0 atom stereocenters. The summed E-state index contributed by atoms with van der Waals surface area (Å²) >= 11 is 0. The summed E-state index contributed by atoms with van der Waals surface area (Å²) in [7, 11) is -3.72. The maximum absolute atomic E-state index is 12.2. The minimum Gasteiger partial charge on any atom is -0.350 e. The molecule has 0 bridgehead atoms. The van der Waals surface area contributed by atoms with Crippen LogP contribution in [-0.4, -0.2) is 30.8 Å². The summed E-state index contributed by atoms with van der Waals surface area (Å²) in [5.74, 6) is -0.0912. The smallest absolute Gasteiger partial charge is 0.345 e. The molecule has 140 valence electrons. The van der Waals surface area contributed by atoms with E-state index in [4.69, 9.17) is 5.14 Å². The minimum absolute atomic E-state index is 0.0377. The zero-order valence-electron chi connectivity index (χ0n) is 14.7. The highest BCUT2D eigenvalue weighted by Crippen LogP contribution is 2.09. The topological polar surface area (TPSA) is 135 Å². The molecular weight excluding hydrogens is 356 g/mol. The molecule has 0 aliphatic carbocycles. The van der Waals surface area contributed by atoms with Crippen molar-refractivity contribution < 1.29 is 13.2 Å². The van der Waals surface area contributed by atoms with Crippen molar-refractivity contribution in [2.24, 2.45) is 11.1 Å². The summed E-state index contributed by atoms with van der Waals surface area (Å²) in [6.45, 7) is 4.35. The number of carbonyl (C=O) groups excluding carboxylic acids is 1. The Morgan fingerprint density at radius 3 is 2.50 bits per heavy atom. The van der Waals surface area contributed by atoms with E-state index in [0.717, 1.165) is 5.56 Å². The molecule has 9 heteroatoms. The second-order valence-electron chi connectivity index (χ2n) is 6.39. The van der Waals surface area contributed by atoms with Gasteiger partial charge < -0.3 is 10.3 Å². The van der Waals surface area contributed by atoms with Crippen LogP contribution in [0.1, 0.15) is 35.6 Å². The molecule has 0 aliphatic heterocycles. The maximum atomic E-state index is 12.2. The minimum atomic E-state index is -3.72. The summed E-state index contributed by atoms with van der Waals surface area (Å²) in [6, 6.07) is 7.69. The second-order valence-corrected chi connectivity index (χ2v) is 7.95. The predicted molar refractivity (Wildman–Crippen MR) is 97.3 cm³/mol. The first-order chi connectivity index (χ1) is 12.1. The Morgan fingerprint density at radius 1 is 1.27 bits per heavy atom. The molecule has 4 N–H and O–H groups in total. The molecule has 2 aromatic rings. The molecule has 2 rings (SSSR count). The lowest BCUT2D eigenvalue weighted by Gasteiger charge is -2.08. The van der Waals surface area contributed by atoms with E-state index in [-0.39, 0.29) is 10.6 Å². The summed E-state index contributed by atoms with van der Waals surface area (Å²) in [5, 5.41) is 7.75. The third-order valence-electron chi connectivity index (χ3n) is 3.61. The van der Waals surface area contributed by atoms with Crippen LogP contribution in [0.3, 0.4) is 0 Å². The van der Waals surface area contributed by atoms with Crippen molar-refractivity contribution in [2.75, 3.05) is 6.54 Å². The van der Waals surface area contributed by atoms with E-state index in [0.29, 0.717) is 31.0 Å². The second kappa shape index (κ2) is 8.24. The third-order valence-corrected chi connectivity index (χ3v) is 4.54. The third kappa shape index (κ3) is 5.78. The van der Waals surface area contributed by atoms with Crippen molar-refractivity contribution in [3.8, 4) is 0 Å². The number of hydrogen-bond acceptors (Lipinski definition) is 5.